The van der Waals surface area contributed by atoms with Gasteiger partial charge in [-0.15, -0.1) is 0 Å². The average Bonchev–Trinajstić information content (AvgIpc) is 2.73. The van der Waals surface area contributed by atoms with Crippen LogP contribution in [0.1, 0.15) is 43.7 Å². The van der Waals surface area contributed by atoms with E-state index in [9.17, 15) is 13.2 Å². The number of sulfonamides is 1. The molecule has 2 aromatic carbocycles. The van der Waals surface area contributed by atoms with Crippen molar-refractivity contribution in [2.24, 2.45) is 0 Å². The summed E-state index contributed by atoms with van der Waals surface area (Å²) in [7, 11) is -3.52. The zero-order valence-corrected chi connectivity index (χ0v) is 17.7. The molecule has 2 aromatic rings. The summed E-state index contributed by atoms with van der Waals surface area (Å²) >= 11 is 0. The maximum Gasteiger partial charge on any atom is 0.246 e. The molecule has 1 N–H and O–H groups in total. The smallest absolute Gasteiger partial charge is 0.246 e. The van der Waals surface area contributed by atoms with Crippen molar-refractivity contribution in [2.45, 2.75) is 43.5 Å². The van der Waals surface area contributed by atoms with Crippen LogP contribution in [0.2, 0.25) is 0 Å². The molecule has 154 valence electrons. The molecule has 0 unspecified atom stereocenters. The van der Waals surface area contributed by atoms with Gasteiger partial charge in [0.15, 0.2) is 0 Å². The lowest BCUT2D eigenvalue weighted by molar-refractivity contribution is -0.126. The molecule has 1 amide bonds. The quantitative estimate of drug-likeness (QED) is 0.734. The minimum absolute atomic E-state index is 0.0395. The number of likely N-dealkylation sites (tertiary alicyclic amines) is 1. The standard InChI is InChI=1S/C23H28N2O3S/c1-18(2)20-11-8-19(9-12-20)10-13-23(26)25-16-14-21(15-17-25)24-29(27,28)22-6-4-3-5-7-22/h3-13,18,21,24H,14-17H2,1-2H3/b13-10+. The third-order valence-corrected chi connectivity index (χ3v) is 6.74. The van der Waals surface area contributed by atoms with Crippen LogP contribution in [0, 0.1) is 0 Å². The minimum atomic E-state index is -3.52. The number of benzene rings is 2. The molecular formula is C23H28N2O3S. The molecule has 0 aliphatic carbocycles. The molecular weight excluding hydrogens is 384 g/mol. The van der Waals surface area contributed by atoms with Gasteiger partial charge in [-0.1, -0.05) is 56.3 Å². The Morgan fingerprint density at radius 2 is 1.66 bits per heavy atom. The first kappa shape index (κ1) is 21.3. The predicted octanol–water partition coefficient (Wildman–Crippen LogP) is 3.79. The average molecular weight is 413 g/mol. The minimum Gasteiger partial charge on any atom is -0.339 e. The zero-order chi connectivity index (χ0) is 20.9. The molecule has 1 aliphatic rings. The number of piperidine rings is 1. The van der Waals surface area contributed by atoms with Crippen molar-refractivity contribution in [2.75, 3.05) is 13.1 Å². The number of nitrogens with one attached hydrogen (secondary N) is 1. The third-order valence-electron chi connectivity index (χ3n) is 5.20. The molecule has 0 aromatic heterocycles. The van der Waals surface area contributed by atoms with Gasteiger partial charge < -0.3 is 4.90 Å². The number of hydrogen-bond acceptors (Lipinski definition) is 3. The third kappa shape index (κ3) is 5.78. The fourth-order valence-electron chi connectivity index (χ4n) is 3.37. The topological polar surface area (TPSA) is 66.5 Å². The Kier molecular flexibility index (Phi) is 6.87. The van der Waals surface area contributed by atoms with Crippen LogP contribution in [0.15, 0.2) is 65.6 Å². The van der Waals surface area contributed by atoms with E-state index in [1.807, 2.05) is 18.2 Å². The highest BCUT2D eigenvalue weighted by molar-refractivity contribution is 7.89. The molecule has 0 saturated carbocycles. The van der Waals surface area contributed by atoms with Crippen molar-refractivity contribution < 1.29 is 13.2 Å². The summed E-state index contributed by atoms with van der Waals surface area (Å²) in [6, 6.07) is 16.4. The molecule has 29 heavy (non-hydrogen) atoms. The van der Waals surface area contributed by atoms with E-state index in [4.69, 9.17) is 0 Å². The maximum atomic E-state index is 12.5. The number of amides is 1. The summed E-state index contributed by atoms with van der Waals surface area (Å²) in [5.74, 6) is 0.442. The molecule has 1 aliphatic heterocycles. The van der Waals surface area contributed by atoms with Gasteiger partial charge in [-0.05, 0) is 48.1 Å². The lowest BCUT2D eigenvalue weighted by atomic mass is 10.0. The van der Waals surface area contributed by atoms with E-state index in [2.05, 4.69) is 30.7 Å². The van der Waals surface area contributed by atoms with Crippen LogP contribution in [-0.2, 0) is 14.8 Å². The molecule has 1 heterocycles. The van der Waals surface area contributed by atoms with E-state index < -0.39 is 10.0 Å². The summed E-state index contributed by atoms with van der Waals surface area (Å²) in [5, 5.41) is 0. The molecule has 3 rings (SSSR count). The first-order valence-electron chi connectivity index (χ1n) is 9.99. The van der Waals surface area contributed by atoms with Crippen LogP contribution in [0.3, 0.4) is 0 Å². The summed E-state index contributed by atoms with van der Waals surface area (Å²) in [4.78, 5) is 14.5. The largest absolute Gasteiger partial charge is 0.339 e. The molecule has 0 bridgehead atoms. The second kappa shape index (κ2) is 9.37. The van der Waals surface area contributed by atoms with Gasteiger partial charge in [-0.2, -0.15) is 0 Å². The van der Waals surface area contributed by atoms with Gasteiger partial charge in [0.2, 0.25) is 15.9 Å². The van der Waals surface area contributed by atoms with E-state index >= 15 is 0 Å². The van der Waals surface area contributed by atoms with Crippen molar-refractivity contribution in [1.29, 1.82) is 0 Å². The summed E-state index contributed by atoms with van der Waals surface area (Å²) in [6.07, 6.45) is 4.64. The second-order valence-corrected chi connectivity index (χ2v) is 9.40. The Morgan fingerprint density at radius 1 is 1.03 bits per heavy atom. The first-order chi connectivity index (χ1) is 13.8. The van der Waals surface area contributed by atoms with E-state index in [-0.39, 0.29) is 16.8 Å². The molecule has 6 heteroatoms. The van der Waals surface area contributed by atoms with E-state index in [0.29, 0.717) is 31.8 Å². The molecule has 0 atom stereocenters. The highest BCUT2D eigenvalue weighted by Gasteiger charge is 2.25. The van der Waals surface area contributed by atoms with Crippen LogP contribution in [-0.4, -0.2) is 38.4 Å². The van der Waals surface area contributed by atoms with Crippen LogP contribution in [0.25, 0.3) is 6.08 Å². The van der Waals surface area contributed by atoms with Gasteiger partial charge in [0.25, 0.3) is 0 Å². The van der Waals surface area contributed by atoms with Crippen molar-refractivity contribution in [3.63, 3.8) is 0 Å². The Labute approximate surface area is 173 Å². The van der Waals surface area contributed by atoms with Gasteiger partial charge in [0.1, 0.15) is 0 Å². The predicted molar refractivity (Wildman–Crippen MR) is 116 cm³/mol. The Hall–Kier alpha value is -2.44. The Morgan fingerprint density at radius 3 is 2.24 bits per heavy atom. The number of hydrogen-bond donors (Lipinski definition) is 1. The number of rotatable bonds is 6. The van der Waals surface area contributed by atoms with Crippen molar-refractivity contribution in [3.05, 3.63) is 71.8 Å². The molecule has 5 nitrogen and oxygen atoms in total. The summed E-state index contributed by atoms with van der Waals surface area (Å²) < 4.78 is 27.6. The number of nitrogens with zero attached hydrogens (tertiary/aromatic N) is 1. The highest BCUT2D eigenvalue weighted by Crippen LogP contribution is 2.17. The van der Waals surface area contributed by atoms with Crippen molar-refractivity contribution in [3.8, 4) is 0 Å². The van der Waals surface area contributed by atoms with Crippen molar-refractivity contribution >= 4 is 22.0 Å². The summed E-state index contributed by atoms with van der Waals surface area (Å²) in [6.45, 7) is 5.38. The maximum absolute atomic E-state index is 12.5. The van der Waals surface area contributed by atoms with Gasteiger partial charge in [-0.25, -0.2) is 13.1 Å². The molecule has 1 fully saturated rings. The van der Waals surface area contributed by atoms with Gasteiger partial charge in [-0.3, -0.25) is 4.79 Å². The monoisotopic (exact) mass is 412 g/mol. The van der Waals surface area contributed by atoms with Gasteiger partial charge in [0, 0.05) is 25.2 Å². The van der Waals surface area contributed by atoms with E-state index in [1.165, 1.54) is 5.56 Å². The van der Waals surface area contributed by atoms with E-state index in [0.717, 1.165) is 5.56 Å². The number of carbonyl (C=O) groups is 1. The van der Waals surface area contributed by atoms with Crippen LogP contribution < -0.4 is 4.72 Å². The lowest BCUT2D eigenvalue weighted by Gasteiger charge is -2.31. The summed E-state index contributed by atoms with van der Waals surface area (Å²) in [5.41, 5.74) is 2.27. The molecule has 0 radical (unpaired) electrons. The Bertz CT molecular complexity index is 943. The fraction of sp³-hybridized carbons (Fsp3) is 0.348. The van der Waals surface area contributed by atoms with Crippen LogP contribution >= 0.6 is 0 Å². The highest BCUT2D eigenvalue weighted by atomic mass is 32.2. The van der Waals surface area contributed by atoms with E-state index in [1.54, 1.807) is 41.3 Å². The Balaban J connectivity index is 1.51. The van der Waals surface area contributed by atoms with Crippen LogP contribution in [0.4, 0.5) is 0 Å². The zero-order valence-electron chi connectivity index (χ0n) is 16.9. The van der Waals surface area contributed by atoms with Gasteiger partial charge >= 0.3 is 0 Å². The van der Waals surface area contributed by atoms with Gasteiger partial charge in [0.05, 0.1) is 4.90 Å². The SMILES string of the molecule is CC(C)c1ccc(/C=C/C(=O)N2CCC(NS(=O)(=O)c3ccccc3)CC2)cc1. The van der Waals surface area contributed by atoms with Crippen LogP contribution in [0.5, 0.6) is 0 Å². The molecule has 0 spiro atoms. The van der Waals surface area contributed by atoms with Crippen molar-refractivity contribution in [1.82, 2.24) is 9.62 Å². The number of carbonyl (C=O) groups excluding carboxylic acids is 1. The first-order valence-corrected chi connectivity index (χ1v) is 11.5. The fourth-order valence-corrected chi connectivity index (χ4v) is 4.70. The second-order valence-electron chi connectivity index (χ2n) is 7.69. The normalized spacial score (nSPS) is 15.9. The molecule has 1 saturated heterocycles. The lowest BCUT2D eigenvalue weighted by Crippen LogP contribution is -2.46.